The van der Waals surface area contributed by atoms with Crippen LogP contribution >= 0.6 is 0 Å². The SMILES string of the molecule is CC(C)CCCC(C)C1CCC2C3CC(CCF)C4=C(CCC(O)C4)C3CCC12C. The summed E-state index contributed by atoms with van der Waals surface area (Å²) in [6.45, 7) is 9.68. The summed E-state index contributed by atoms with van der Waals surface area (Å²) in [5, 5.41) is 10.3. The van der Waals surface area contributed by atoms with Gasteiger partial charge >= 0.3 is 0 Å². The second-order valence-electron chi connectivity index (χ2n) is 12.3. The first kappa shape index (κ1) is 22.8. The largest absolute Gasteiger partial charge is 0.393 e. The average molecular weight is 419 g/mol. The molecule has 0 aromatic heterocycles. The fourth-order valence-corrected chi connectivity index (χ4v) is 8.79. The zero-order valence-corrected chi connectivity index (χ0v) is 20.1. The molecule has 1 N–H and O–H groups in total. The van der Waals surface area contributed by atoms with Crippen molar-refractivity contribution < 1.29 is 9.50 Å². The lowest BCUT2D eigenvalue weighted by molar-refractivity contribution is -0.0130. The van der Waals surface area contributed by atoms with Gasteiger partial charge in [-0.3, -0.25) is 4.39 Å². The fraction of sp³-hybridized carbons (Fsp3) is 0.929. The molecule has 0 aromatic rings. The predicted molar refractivity (Wildman–Crippen MR) is 124 cm³/mol. The Kier molecular flexibility index (Phi) is 7.03. The van der Waals surface area contributed by atoms with E-state index in [-0.39, 0.29) is 12.8 Å². The summed E-state index contributed by atoms with van der Waals surface area (Å²) in [6, 6.07) is 0. The number of rotatable bonds is 7. The van der Waals surface area contributed by atoms with E-state index in [0.717, 1.165) is 54.8 Å². The van der Waals surface area contributed by atoms with Crippen molar-refractivity contribution in [3.05, 3.63) is 11.1 Å². The van der Waals surface area contributed by atoms with Gasteiger partial charge in [-0.05, 0) is 105 Å². The van der Waals surface area contributed by atoms with Gasteiger partial charge in [0, 0.05) is 0 Å². The number of allylic oxidation sites excluding steroid dienone is 1. The van der Waals surface area contributed by atoms with Gasteiger partial charge in [-0.25, -0.2) is 0 Å². The Morgan fingerprint density at radius 3 is 2.60 bits per heavy atom. The average Bonchev–Trinajstić information content (AvgIpc) is 3.05. The van der Waals surface area contributed by atoms with Crippen LogP contribution in [0.3, 0.4) is 0 Å². The molecule has 8 unspecified atom stereocenters. The molecule has 172 valence electrons. The summed E-state index contributed by atoms with van der Waals surface area (Å²) in [7, 11) is 0. The van der Waals surface area contributed by atoms with Crippen LogP contribution in [-0.2, 0) is 0 Å². The Labute approximate surface area is 185 Å². The molecule has 0 spiro atoms. The van der Waals surface area contributed by atoms with E-state index in [0.29, 0.717) is 17.8 Å². The van der Waals surface area contributed by atoms with Gasteiger partial charge in [0.25, 0.3) is 0 Å². The summed E-state index contributed by atoms with van der Waals surface area (Å²) in [5.41, 5.74) is 3.68. The third-order valence-corrected chi connectivity index (χ3v) is 10.2. The van der Waals surface area contributed by atoms with Crippen molar-refractivity contribution in [3.63, 3.8) is 0 Å². The highest BCUT2D eigenvalue weighted by Crippen LogP contribution is 2.65. The van der Waals surface area contributed by atoms with Crippen molar-refractivity contribution >= 4 is 0 Å². The number of hydrogen-bond acceptors (Lipinski definition) is 1. The number of fused-ring (bicyclic) bond motifs is 4. The third kappa shape index (κ3) is 4.16. The number of halogens is 1. The van der Waals surface area contributed by atoms with Gasteiger partial charge in [-0.1, -0.05) is 58.1 Å². The van der Waals surface area contributed by atoms with Crippen LogP contribution in [0.25, 0.3) is 0 Å². The summed E-state index contributed by atoms with van der Waals surface area (Å²) in [5.74, 6) is 5.34. The molecule has 0 saturated heterocycles. The number of alkyl halides is 1. The van der Waals surface area contributed by atoms with Crippen LogP contribution in [0, 0.1) is 46.8 Å². The van der Waals surface area contributed by atoms with Gasteiger partial charge in [0.15, 0.2) is 0 Å². The first-order chi connectivity index (χ1) is 14.3. The fourth-order valence-electron chi connectivity index (χ4n) is 8.79. The molecule has 8 atom stereocenters. The smallest absolute Gasteiger partial charge is 0.0900 e. The van der Waals surface area contributed by atoms with Crippen molar-refractivity contribution in [2.75, 3.05) is 6.67 Å². The molecule has 1 nitrogen and oxygen atoms in total. The first-order valence-corrected chi connectivity index (χ1v) is 13.3. The zero-order chi connectivity index (χ0) is 21.5. The lowest BCUT2D eigenvalue weighted by Crippen LogP contribution is -2.46. The Morgan fingerprint density at radius 1 is 1.07 bits per heavy atom. The molecule has 2 heteroatoms. The van der Waals surface area contributed by atoms with E-state index in [1.165, 1.54) is 56.9 Å². The molecule has 2 fully saturated rings. The molecule has 0 radical (unpaired) electrons. The minimum absolute atomic E-state index is 0.182. The van der Waals surface area contributed by atoms with Crippen LogP contribution < -0.4 is 0 Å². The first-order valence-electron chi connectivity index (χ1n) is 13.3. The second kappa shape index (κ2) is 9.24. The predicted octanol–water partition coefficient (Wildman–Crippen LogP) is 7.73. The highest BCUT2D eigenvalue weighted by molar-refractivity contribution is 5.29. The van der Waals surface area contributed by atoms with Gasteiger partial charge in [-0.15, -0.1) is 0 Å². The van der Waals surface area contributed by atoms with Crippen LogP contribution in [0.5, 0.6) is 0 Å². The zero-order valence-electron chi connectivity index (χ0n) is 20.1. The van der Waals surface area contributed by atoms with Crippen molar-refractivity contribution in [2.24, 2.45) is 46.8 Å². The molecule has 4 rings (SSSR count). The quantitative estimate of drug-likeness (QED) is 0.419. The van der Waals surface area contributed by atoms with Crippen molar-refractivity contribution in [1.82, 2.24) is 0 Å². The van der Waals surface area contributed by atoms with Crippen LogP contribution in [0.1, 0.15) is 105 Å². The van der Waals surface area contributed by atoms with Crippen molar-refractivity contribution in [3.8, 4) is 0 Å². The van der Waals surface area contributed by atoms with Gasteiger partial charge in [0.1, 0.15) is 0 Å². The van der Waals surface area contributed by atoms with E-state index in [1.54, 1.807) is 5.57 Å². The number of hydrogen-bond donors (Lipinski definition) is 1. The van der Waals surface area contributed by atoms with Crippen LogP contribution in [0.2, 0.25) is 0 Å². The molecule has 30 heavy (non-hydrogen) atoms. The maximum atomic E-state index is 13.5. The highest BCUT2D eigenvalue weighted by atomic mass is 19.1. The Hall–Kier alpha value is -0.370. The summed E-state index contributed by atoms with van der Waals surface area (Å²) in [6.07, 6.45) is 14.3. The van der Waals surface area contributed by atoms with Gasteiger partial charge in [-0.2, -0.15) is 0 Å². The molecule has 2 saturated carbocycles. The normalized spacial score (nSPS) is 42.1. The maximum absolute atomic E-state index is 13.5. The third-order valence-electron chi connectivity index (χ3n) is 10.2. The minimum Gasteiger partial charge on any atom is -0.393 e. The van der Waals surface area contributed by atoms with Crippen LogP contribution in [0.4, 0.5) is 4.39 Å². The summed E-state index contributed by atoms with van der Waals surface area (Å²) >= 11 is 0. The molecule has 0 aliphatic heterocycles. The van der Waals surface area contributed by atoms with Crippen LogP contribution in [0.15, 0.2) is 11.1 Å². The Morgan fingerprint density at radius 2 is 1.87 bits per heavy atom. The minimum atomic E-state index is -0.202. The Balaban J connectivity index is 1.52. The molecular formula is C28H47FO. The van der Waals surface area contributed by atoms with E-state index in [9.17, 15) is 9.50 Å². The van der Waals surface area contributed by atoms with Crippen molar-refractivity contribution in [1.29, 1.82) is 0 Å². The van der Waals surface area contributed by atoms with Crippen molar-refractivity contribution in [2.45, 2.75) is 111 Å². The molecule has 0 amide bonds. The summed E-state index contributed by atoms with van der Waals surface area (Å²) < 4.78 is 13.5. The van der Waals surface area contributed by atoms with E-state index in [2.05, 4.69) is 27.7 Å². The van der Waals surface area contributed by atoms with Gasteiger partial charge in [0.05, 0.1) is 12.8 Å². The Bertz CT molecular complexity index is 624. The summed E-state index contributed by atoms with van der Waals surface area (Å²) in [4.78, 5) is 0. The molecular weight excluding hydrogens is 371 g/mol. The van der Waals surface area contributed by atoms with Crippen LogP contribution in [-0.4, -0.2) is 17.9 Å². The molecule has 0 aromatic carbocycles. The van der Waals surface area contributed by atoms with E-state index in [4.69, 9.17) is 0 Å². The van der Waals surface area contributed by atoms with E-state index < -0.39 is 0 Å². The molecule has 0 bridgehead atoms. The lowest BCUT2D eigenvalue weighted by atomic mass is 9.50. The number of aliphatic hydroxyl groups excluding tert-OH is 1. The molecule has 0 heterocycles. The topological polar surface area (TPSA) is 20.2 Å². The van der Waals surface area contributed by atoms with Gasteiger partial charge < -0.3 is 5.11 Å². The monoisotopic (exact) mass is 418 g/mol. The standard InChI is InChI=1S/C28H47FO/c1-18(2)6-5-7-19(3)26-10-11-27-25-16-20(13-15-29)24-17-21(30)8-9-22(24)23(25)12-14-28(26,27)4/h18-21,23,25-27,30H,5-17H2,1-4H3. The lowest BCUT2D eigenvalue weighted by Gasteiger charge is -2.54. The number of aliphatic hydroxyl groups is 1. The molecule has 4 aliphatic carbocycles. The maximum Gasteiger partial charge on any atom is 0.0900 e. The van der Waals surface area contributed by atoms with Gasteiger partial charge in [0.2, 0.25) is 0 Å². The van der Waals surface area contributed by atoms with E-state index in [1.807, 2.05) is 0 Å². The van der Waals surface area contributed by atoms with E-state index >= 15 is 0 Å². The second-order valence-corrected chi connectivity index (χ2v) is 12.3. The molecule has 4 aliphatic rings. The highest BCUT2D eigenvalue weighted by Gasteiger charge is 2.56.